The molecule has 0 saturated carbocycles. The van der Waals surface area contributed by atoms with Crippen molar-refractivity contribution in [3.8, 4) is 11.3 Å². The average Bonchev–Trinajstić information content (AvgIpc) is 3.58. The summed E-state index contributed by atoms with van der Waals surface area (Å²) >= 11 is 7.83. The molecule has 0 amide bonds. The van der Waals surface area contributed by atoms with Gasteiger partial charge in [-0.05, 0) is 54.7 Å². The molecule has 0 spiro atoms. The smallest absolute Gasteiger partial charge is 0.207 e. The summed E-state index contributed by atoms with van der Waals surface area (Å²) in [7, 11) is 0. The number of hydrogen-bond donors (Lipinski definition) is 0. The van der Waals surface area contributed by atoms with Gasteiger partial charge >= 0.3 is 0 Å². The van der Waals surface area contributed by atoms with Gasteiger partial charge in [-0.1, -0.05) is 66.2 Å². The van der Waals surface area contributed by atoms with Crippen LogP contribution in [0.1, 0.15) is 42.9 Å². The lowest BCUT2D eigenvalue weighted by Gasteiger charge is -2.28. The fourth-order valence-electron chi connectivity index (χ4n) is 4.93. The van der Waals surface area contributed by atoms with Gasteiger partial charge < -0.3 is 4.90 Å². The Morgan fingerprint density at radius 3 is 2.29 bits per heavy atom. The third-order valence-corrected chi connectivity index (χ3v) is 7.93. The third kappa shape index (κ3) is 4.71. The molecule has 0 N–H and O–H groups in total. The van der Waals surface area contributed by atoms with E-state index < -0.39 is 0 Å². The number of piperidine rings is 1. The second-order valence-corrected chi connectivity index (χ2v) is 10.4. The topological polar surface area (TPSA) is 31.7 Å². The number of hydrogen-bond acceptors (Lipinski definition) is 5. The molecule has 1 fully saturated rings. The minimum atomic E-state index is 0.0822. The Morgan fingerprint density at radius 1 is 0.800 bits per heavy atom. The van der Waals surface area contributed by atoms with Gasteiger partial charge in [-0.25, -0.2) is 9.99 Å². The van der Waals surface area contributed by atoms with Gasteiger partial charge in [0.05, 0.1) is 17.4 Å². The molecule has 2 aliphatic rings. The Kier molecular flexibility index (Phi) is 6.28. The van der Waals surface area contributed by atoms with Crippen LogP contribution in [0.15, 0.2) is 89.3 Å². The summed E-state index contributed by atoms with van der Waals surface area (Å²) in [4.78, 5) is 7.46. The Morgan fingerprint density at radius 2 is 1.54 bits per heavy atom. The molecule has 6 heteroatoms. The summed E-state index contributed by atoms with van der Waals surface area (Å²) in [5, 5.41) is 11.0. The van der Waals surface area contributed by atoms with E-state index >= 15 is 0 Å². The van der Waals surface area contributed by atoms with Crippen LogP contribution < -0.4 is 9.91 Å². The van der Waals surface area contributed by atoms with Crippen molar-refractivity contribution in [2.24, 2.45) is 5.10 Å². The number of benzene rings is 3. The van der Waals surface area contributed by atoms with E-state index in [-0.39, 0.29) is 6.04 Å². The predicted molar refractivity (Wildman–Crippen MR) is 148 cm³/mol. The normalized spacial score (nSPS) is 18.1. The zero-order valence-electron chi connectivity index (χ0n) is 19.5. The maximum atomic E-state index is 6.19. The van der Waals surface area contributed by atoms with E-state index in [4.69, 9.17) is 21.7 Å². The minimum absolute atomic E-state index is 0.0822. The lowest BCUT2D eigenvalue weighted by atomic mass is 9.98. The lowest BCUT2D eigenvalue weighted by molar-refractivity contribution is 0.578. The molecule has 176 valence electrons. The maximum absolute atomic E-state index is 6.19. The van der Waals surface area contributed by atoms with Crippen LogP contribution in [0.5, 0.6) is 0 Å². The lowest BCUT2D eigenvalue weighted by Crippen LogP contribution is -2.29. The molecule has 0 radical (unpaired) electrons. The van der Waals surface area contributed by atoms with Gasteiger partial charge in [-0.2, -0.15) is 5.10 Å². The summed E-state index contributed by atoms with van der Waals surface area (Å²) in [5.41, 5.74) is 6.86. The van der Waals surface area contributed by atoms with Gasteiger partial charge in [0.1, 0.15) is 0 Å². The molecule has 4 aromatic rings. The molecule has 3 aromatic carbocycles. The van der Waals surface area contributed by atoms with Crippen molar-refractivity contribution in [1.82, 2.24) is 4.98 Å². The molecule has 4 nitrogen and oxygen atoms in total. The highest BCUT2D eigenvalue weighted by Gasteiger charge is 2.32. The van der Waals surface area contributed by atoms with E-state index in [2.05, 4.69) is 63.8 Å². The molecule has 1 saturated heterocycles. The van der Waals surface area contributed by atoms with Crippen LogP contribution in [0.4, 0.5) is 10.8 Å². The monoisotopic (exact) mass is 498 g/mol. The van der Waals surface area contributed by atoms with Crippen LogP contribution in [0.2, 0.25) is 5.02 Å². The van der Waals surface area contributed by atoms with Crippen molar-refractivity contribution in [3.05, 3.63) is 100 Å². The summed E-state index contributed by atoms with van der Waals surface area (Å²) in [6.45, 7) is 2.31. The van der Waals surface area contributed by atoms with E-state index in [9.17, 15) is 0 Å². The Bertz CT molecular complexity index is 1310. The van der Waals surface area contributed by atoms with Gasteiger partial charge in [-0.3, -0.25) is 0 Å². The maximum Gasteiger partial charge on any atom is 0.207 e. The largest absolute Gasteiger partial charge is 0.372 e. The van der Waals surface area contributed by atoms with Crippen LogP contribution >= 0.6 is 22.9 Å². The summed E-state index contributed by atoms with van der Waals surface area (Å²) in [6, 6.07) is 27.5. The SMILES string of the molecule is Clc1ccc(C2CC(c3ccc(N4CCCCC4)cc3)=NN2c2nc(-c3ccccc3)cs2)cc1. The molecular formula is C29H27ClN4S. The summed E-state index contributed by atoms with van der Waals surface area (Å²) in [6.07, 6.45) is 4.73. The van der Waals surface area contributed by atoms with Crippen LogP contribution in [0.3, 0.4) is 0 Å². The first-order valence-electron chi connectivity index (χ1n) is 12.2. The fraction of sp³-hybridized carbons (Fsp3) is 0.241. The van der Waals surface area contributed by atoms with Crippen molar-refractivity contribution in [2.45, 2.75) is 31.7 Å². The quantitative estimate of drug-likeness (QED) is 0.281. The van der Waals surface area contributed by atoms with Crippen molar-refractivity contribution in [3.63, 3.8) is 0 Å². The first-order chi connectivity index (χ1) is 17.2. The zero-order chi connectivity index (χ0) is 23.6. The zero-order valence-corrected chi connectivity index (χ0v) is 21.1. The molecule has 1 atom stereocenters. The molecular weight excluding hydrogens is 472 g/mol. The van der Waals surface area contributed by atoms with E-state index in [0.29, 0.717) is 0 Å². The van der Waals surface area contributed by atoms with Gasteiger partial charge in [0.2, 0.25) is 5.13 Å². The Labute approximate surface area is 215 Å². The number of nitrogens with zero attached hydrogens (tertiary/aromatic N) is 4. The average molecular weight is 499 g/mol. The Hall–Kier alpha value is -3.15. The first-order valence-corrected chi connectivity index (χ1v) is 13.5. The highest BCUT2D eigenvalue weighted by Crippen LogP contribution is 2.39. The molecule has 1 unspecified atom stereocenters. The summed E-state index contributed by atoms with van der Waals surface area (Å²) < 4.78 is 0. The van der Waals surface area contributed by atoms with Crippen molar-refractivity contribution < 1.29 is 0 Å². The molecule has 2 aliphatic heterocycles. The van der Waals surface area contributed by atoms with Gasteiger partial charge in [0, 0.05) is 41.2 Å². The van der Waals surface area contributed by atoms with Crippen molar-refractivity contribution in [1.29, 1.82) is 0 Å². The van der Waals surface area contributed by atoms with Gasteiger partial charge in [0.15, 0.2) is 0 Å². The number of aromatic nitrogens is 1. The van der Waals surface area contributed by atoms with Crippen molar-refractivity contribution in [2.75, 3.05) is 23.0 Å². The molecule has 0 bridgehead atoms. The Balaban J connectivity index is 1.32. The van der Waals surface area contributed by atoms with E-state index in [1.165, 1.54) is 36.1 Å². The molecule has 1 aromatic heterocycles. The first kappa shape index (κ1) is 22.3. The van der Waals surface area contributed by atoms with Crippen molar-refractivity contribution >= 4 is 39.5 Å². The second kappa shape index (κ2) is 9.84. The fourth-order valence-corrected chi connectivity index (χ4v) is 5.89. The number of thiazole rings is 1. The third-order valence-electron chi connectivity index (χ3n) is 6.84. The van der Waals surface area contributed by atoms with E-state index in [0.717, 1.165) is 46.6 Å². The molecule has 0 aliphatic carbocycles. The predicted octanol–water partition coefficient (Wildman–Crippen LogP) is 7.81. The van der Waals surface area contributed by atoms with Gasteiger partial charge in [-0.15, -0.1) is 11.3 Å². The number of rotatable bonds is 5. The standard InChI is InChI=1S/C29H27ClN4S/c30-24-13-9-23(10-14-24)28-19-26(22-11-15-25(16-12-22)33-17-5-2-6-18-33)32-34(28)29-31-27(20-35-29)21-7-3-1-4-8-21/h1,3-4,7-16,20,28H,2,5-6,17-19H2. The highest BCUT2D eigenvalue weighted by atomic mass is 35.5. The number of anilines is 2. The van der Waals surface area contributed by atoms with E-state index in [1.807, 2.05) is 30.3 Å². The second-order valence-electron chi connectivity index (χ2n) is 9.14. The molecule has 3 heterocycles. The van der Waals surface area contributed by atoms with Crippen LogP contribution in [0, 0.1) is 0 Å². The van der Waals surface area contributed by atoms with Crippen LogP contribution in [-0.2, 0) is 0 Å². The molecule has 6 rings (SSSR count). The highest BCUT2D eigenvalue weighted by molar-refractivity contribution is 7.14. The number of hydrazone groups is 1. The van der Waals surface area contributed by atoms with Crippen LogP contribution in [-0.4, -0.2) is 23.8 Å². The summed E-state index contributed by atoms with van der Waals surface area (Å²) in [5.74, 6) is 0. The minimum Gasteiger partial charge on any atom is -0.372 e. The van der Waals surface area contributed by atoms with Gasteiger partial charge in [0.25, 0.3) is 0 Å². The molecule has 35 heavy (non-hydrogen) atoms. The van der Waals surface area contributed by atoms with E-state index in [1.54, 1.807) is 11.3 Å². The van der Waals surface area contributed by atoms with Crippen LogP contribution in [0.25, 0.3) is 11.3 Å². The number of halogens is 1.